The van der Waals surface area contributed by atoms with Crippen LogP contribution in [0.4, 0.5) is 0 Å². The van der Waals surface area contributed by atoms with Crippen molar-refractivity contribution < 1.29 is 4.74 Å². The SMILES string of the molecule is COCC(C)CNC(C)CC(C)C. The number of hydrogen-bond acceptors (Lipinski definition) is 2. The molecule has 0 fully saturated rings. The van der Waals surface area contributed by atoms with Crippen molar-refractivity contribution in [2.75, 3.05) is 20.3 Å². The van der Waals surface area contributed by atoms with Gasteiger partial charge in [-0.05, 0) is 25.2 Å². The molecule has 0 radical (unpaired) electrons. The third kappa shape index (κ3) is 8.26. The van der Waals surface area contributed by atoms with E-state index >= 15 is 0 Å². The van der Waals surface area contributed by atoms with Crippen LogP contribution >= 0.6 is 0 Å². The molecule has 0 heterocycles. The van der Waals surface area contributed by atoms with Crippen molar-refractivity contribution in [3.63, 3.8) is 0 Å². The standard InChI is InChI=1S/C11H25NO/c1-9(2)6-11(4)12-7-10(3)8-13-5/h9-12H,6-8H2,1-5H3. The van der Waals surface area contributed by atoms with E-state index in [4.69, 9.17) is 4.74 Å². The fourth-order valence-electron chi connectivity index (χ4n) is 1.54. The lowest BCUT2D eigenvalue weighted by atomic mass is 10.0. The molecule has 0 spiro atoms. The molecule has 2 nitrogen and oxygen atoms in total. The molecule has 0 saturated heterocycles. The molecule has 80 valence electrons. The van der Waals surface area contributed by atoms with Crippen LogP contribution in [-0.2, 0) is 4.74 Å². The van der Waals surface area contributed by atoms with Crippen molar-refractivity contribution in [3.8, 4) is 0 Å². The molecule has 0 aliphatic carbocycles. The summed E-state index contributed by atoms with van der Waals surface area (Å²) in [6.07, 6.45) is 1.25. The van der Waals surface area contributed by atoms with E-state index in [-0.39, 0.29) is 0 Å². The van der Waals surface area contributed by atoms with Crippen molar-refractivity contribution in [3.05, 3.63) is 0 Å². The zero-order valence-electron chi connectivity index (χ0n) is 9.76. The van der Waals surface area contributed by atoms with Gasteiger partial charge in [-0.15, -0.1) is 0 Å². The van der Waals surface area contributed by atoms with Crippen molar-refractivity contribution in [2.45, 2.75) is 40.2 Å². The van der Waals surface area contributed by atoms with Gasteiger partial charge in [-0.2, -0.15) is 0 Å². The van der Waals surface area contributed by atoms with Gasteiger partial charge in [0.25, 0.3) is 0 Å². The van der Waals surface area contributed by atoms with E-state index in [2.05, 4.69) is 33.0 Å². The van der Waals surface area contributed by atoms with Crippen LogP contribution in [0.1, 0.15) is 34.1 Å². The molecule has 0 aromatic heterocycles. The van der Waals surface area contributed by atoms with E-state index in [0.29, 0.717) is 12.0 Å². The predicted molar refractivity (Wildman–Crippen MR) is 58.0 cm³/mol. The second kappa shape index (κ2) is 7.34. The molecular weight excluding hydrogens is 162 g/mol. The van der Waals surface area contributed by atoms with Gasteiger partial charge in [0.05, 0.1) is 0 Å². The fraction of sp³-hybridized carbons (Fsp3) is 1.00. The van der Waals surface area contributed by atoms with E-state index in [1.54, 1.807) is 7.11 Å². The van der Waals surface area contributed by atoms with E-state index in [9.17, 15) is 0 Å². The lowest BCUT2D eigenvalue weighted by Crippen LogP contribution is -2.32. The second-order valence-corrected chi connectivity index (χ2v) is 4.50. The molecule has 0 saturated carbocycles. The van der Waals surface area contributed by atoms with E-state index in [1.165, 1.54) is 6.42 Å². The van der Waals surface area contributed by atoms with Crippen molar-refractivity contribution in [1.29, 1.82) is 0 Å². The van der Waals surface area contributed by atoms with Crippen LogP contribution in [0.25, 0.3) is 0 Å². The average Bonchev–Trinajstić information content (AvgIpc) is 2.00. The van der Waals surface area contributed by atoms with E-state index < -0.39 is 0 Å². The molecule has 0 aliphatic rings. The zero-order valence-corrected chi connectivity index (χ0v) is 9.76. The number of hydrogen-bond donors (Lipinski definition) is 1. The topological polar surface area (TPSA) is 21.3 Å². The van der Waals surface area contributed by atoms with Crippen LogP contribution in [0.5, 0.6) is 0 Å². The van der Waals surface area contributed by atoms with Gasteiger partial charge in [-0.1, -0.05) is 20.8 Å². The first-order valence-electron chi connectivity index (χ1n) is 5.28. The molecule has 0 rings (SSSR count). The van der Waals surface area contributed by atoms with Crippen LogP contribution in [0.2, 0.25) is 0 Å². The summed E-state index contributed by atoms with van der Waals surface area (Å²) in [4.78, 5) is 0. The minimum absolute atomic E-state index is 0.611. The maximum Gasteiger partial charge on any atom is 0.0499 e. The zero-order chi connectivity index (χ0) is 10.3. The molecule has 0 aliphatic heterocycles. The Hall–Kier alpha value is -0.0800. The van der Waals surface area contributed by atoms with Crippen LogP contribution in [0, 0.1) is 11.8 Å². The summed E-state index contributed by atoms with van der Waals surface area (Å²) in [5.41, 5.74) is 0. The Bertz CT molecular complexity index is 115. The molecule has 1 N–H and O–H groups in total. The van der Waals surface area contributed by atoms with Gasteiger partial charge in [0.1, 0.15) is 0 Å². The number of nitrogens with one attached hydrogen (secondary N) is 1. The quantitative estimate of drug-likeness (QED) is 0.660. The van der Waals surface area contributed by atoms with Crippen LogP contribution < -0.4 is 5.32 Å². The molecule has 0 aromatic carbocycles. The first-order valence-corrected chi connectivity index (χ1v) is 5.28. The van der Waals surface area contributed by atoms with Crippen molar-refractivity contribution >= 4 is 0 Å². The van der Waals surface area contributed by atoms with E-state index in [0.717, 1.165) is 19.1 Å². The molecule has 0 bridgehead atoms. The summed E-state index contributed by atoms with van der Waals surface area (Å²) in [5, 5.41) is 3.52. The number of ether oxygens (including phenoxy) is 1. The number of rotatable bonds is 7. The molecule has 2 unspecified atom stereocenters. The fourth-order valence-corrected chi connectivity index (χ4v) is 1.54. The Morgan fingerprint density at radius 1 is 1.15 bits per heavy atom. The molecule has 2 heteroatoms. The largest absolute Gasteiger partial charge is 0.384 e. The Balaban J connectivity index is 3.40. The minimum Gasteiger partial charge on any atom is -0.384 e. The first-order chi connectivity index (χ1) is 6.06. The third-order valence-electron chi connectivity index (χ3n) is 2.09. The Labute approximate surface area is 83.1 Å². The Morgan fingerprint density at radius 3 is 2.23 bits per heavy atom. The van der Waals surface area contributed by atoms with Gasteiger partial charge >= 0.3 is 0 Å². The molecular formula is C11H25NO. The monoisotopic (exact) mass is 187 g/mol. The van der Waals surface area contributed by atoms with Gasteiger partial charge in [0.2, 0.25) is 0 Å². The summed E-state index contributed by atoms with van der Waals surface area (Å²) in [5.74, 6) is 1.39. The third-order valence-corrected chi connectivity index (χ3v) is 2.09. The Kier molecular flexibility index (Phi) is 7.29. The lowest BCUT2D eigenvalue weighted by Gasteiger charge is -2.18. The van der Waals surface area contributed by atoms with Crippen molar-refractivity contribution in [2.24, 2.45) is 11.8 Å². The normalized spacial score (nSPS) is 16.2. The maximum absolute atomic E-state index is 5.08. The van der Waals surface area contributed by atoms with Gasteiger partial charge in [0.15, 0.2) is 0 Å². The number of methoxy groups -OCH3 is 1. The summed E-state index contributed by atoms with van der Waals surface area (Å²) in [6.45, 7) is 10.9. The average molecular weight is 187 g/mol. The van der Waals surface area contributed by atoms with Gasteiger partial charge in [-0.3, -0.25) is 0 Å². The van der Waals surface area contributed by atoms with Crippen LogP contribution in [-0.4, -0.2) is 26.3 Å². The summed E-state index contributed by atoms with van der Waals surface area (Å²) < 4.78 is 5.08. The molecule has 0 aromatic rings. The molecule has 0 amide bonds. The highest BCUT2D eigenvalue weighted by Gasteiger charge is 2.06. The minimum atomic E-state index is 0.611. The van der Waals surface area contributed by atoms with Crippen LogP contribution in [0.3, 0.4) is 0 Å². The highest BCUT2D eigenvalue weighted by molar-refractivity contribution is 4.65. The Morgan fingerprint density at radius 2 is 1.77 bits per heavy atom. The highest BCUT2D eigenvalue weighted by Crippen LogP contribution is 2.04. The first kappa shape index (κ1) is 12.9. The maximum atomic E-state index is 5.08. The van der Waals surface area contributed by atoms with Gasteiger partial charge in [0, 0.05) is 26.3 Å². The summed E-state index contributed by atoms with van der Waals surface area (Å²) in [7, 11) is 1.76. The smallest absolute Gasteiger partial charge is 0.0499 e. The van der Waals surface area contributed by atoms with Crippen LogP contribution in [0.15, 0.2) is 0 Å². The lowest BCUT2D eigenvalue weighted by molar-refractivity contribution is 0.156. The summed E-state index contributed by atoms with van der Waals surface area (Å²) >= 11 is 0. The second-order valence-electron chi connectivity index (χ2n) is 4.50. The molecule has 13 heavy (non-hydrogen) atoms. The molecule has 2 atom stereocenters. The van der Waals surface area contributed by atoms with Gasteiger partial charge in [-0.25, -0.2) is 0 Å². The highest BCUT2D eigenvalue weighted by atomic mass is 16.5. The van der Waals surface area contributed by atoms with Gasteiger partial charge < -0.3 is 10.1 Å². The van der Waals surface area contributed by atoms with E-state index in [1.807, 2.05) is 0 Å². The summed E-state index contributed by atoms with van der Waals surface area (Å²) in [6, 6.07) is 0.624. The predicted octanol–water partition coefficient (Wildman–Crippen LogP) is 2.29. The van der Waals surface area contributed by atoms with Crippen molar-refractivity contribution in [1.82, 2.24) is 5.32 Å².